The van der Waals surface area contributed by atoms with Crippen LogP contribution in [-0.4, -0.2) is 22.9 Å². The molecule has 0 saturated carbocycles. The molecule has 8 heteroatoms. The van der Waals surface area contributed by atoms with Crippen molar-refractivity contribution in [1.82, 2.24) is 0 Å². The van der Waals surface area contributed by atoms with E-state index in [-0.39, 0.29) is 6.71 Å². The summed E-state index contributed by atoms with van der Waals surface area (Å²) in [6.07, 6.45) is 0. The Bertz CT molecular complexity index is 2570. The molecule has 7 aromatic carbocycles. The molecular weight excluding hydrogens is 718 g/mol. The molecule has 5 nitrogen and oxygen atoms in total. The molecule has 4 aliphatic heterocycles. The maximum atomic E-state index is 6.70. The fourth-order valence-corrected chi connectivity index (χ4v) is 11.5. The van der Waals surface area contributed by atoms with E-state index in [9.17, 15) is 0 Å². The zero-order valence-electron chi connectivity index (χ0n) is 32.6. The molecule has 0 unspecified atom stereocenters. The number of nitrogens with zero attached hydrogens (tertiary/aromatic N) is 3. The lowest BCUT2D eigenvalue weighted by molar-refractivity contribution is 0.477. The quantitative estimate of drug-likeness (QED) is 0.163. The molecule has 0 aliphatic carbocycles. The number of para-hydroxylation sites is 6. The summed E-state index contributed by atoms with van der Waals surface area (Å²) in [6, 6.07) is 53.5. The van der Waals surface area contributed by atoms with Gasteiger partial charge in [-0.3, -0.25) is 0 Å². The third-order valence-electron chi connectivity index (χ3n) is 11.9. The van der Waals surface area contributed by atoms with Crippen LogP contribution in [0.1, 0.15) is 0 Å². The van der Waals surface area contributed by atoms with Gasteiger partial charge < -0.3 is 24.2 Å². The summed E-state index contributed by atoms with van der Waals surface area (Å²) in [6.45, 7) is 14.5. The maximum Gasteiger partial charge on any atom is 0.252 e. The van der Waals surface area contributed by atoms with E-state index in [4.69, 9.17) is 9.47 Å². The van der Waals surface area contributed by atoms with Crippen LogP contribution in [0.5, 0.6) is 23.0 Å². The average Bonchev–Trinajstić information content (AvgIpc) is 3.19. The van der Waals surface area contributed by atoms with E-state index in [0.29, 0.717) is 0 Å². The van der Waals surface area contributed by atoms with Gasteiger partial charge in [0, 0.05) is 22.7 Å². The maximum absolute atomic E-state index is 6.70. The lowest BCUT2D eigenvalue weighted by Gasteiger charge is -2.47. The summed E-state index contributed by atoms with van der Waals surface area (Å²) in [5.74, 6) is 3.44. The number of ether oxygens (including phenoxy) is 2. The first-order valence-electron chi connectivity index (χ1n) is 19.6. The first-order valence-corrected chi connectivity index (χ1v) is 26.6. The van der Waals surface area contributed by atoms with Crippen LogP contribution in [0.25, 0.3) is 0 Å². The van der Waals surface area contributed by atoms with Gasteiger partial charge in [-0.15, -0.1) is 0 Å². The van der Waals surface area contributed by atoms with Crippen molar-refractivity contribution in [3.8, 4) is 23.0 Å². The molecule has 4 heterocycles. The number of anilines is 9. The Morgan fingerprint density at radius 2 is 0.839 bits per heavy atom. The predicted molar refractivity (Wildman–Crippen MR) is 241 cm³/mol. The Morgan fingerprint density at radius 3 is 1.27 bits per heavy atom. The minimum absolute atomic E-state index is 0.0327. The lowest BCUT2D eigenvalue weighted by Crippen LogP contribution is -2.61. The molecule has 0 atom stereocenters. The molecule has 11 rings (SSSR count). The van der Waals surface area contributed by atoms with Crippen LogP contribution in [0.4, 0.5) is 51.2 Å². The fraction of sp³-hybridized carbons (Fsp3) is 0.125. The molecule has 0 radical (unpaired) electrons. The Kier molecular flexibility index (Phi) is 7.02. The van der Waals surface area contributed by atoms with E-state index in [0.717, 1.165) is 74.2 Å². The zero-order chi connectivity index (χ0) is 38.1. The highest BCUT2D eigenvalue weighted by Crippen LogP contribution is 2.57. The summed E-state index contributed by atoms with van der Waals surface area (Å²) in [7, 11) is -3.05. The summed E-state index contributed by atoms with van der Waals surface area (Å²) >= 11 is 0. The van der Waals surface area contributed by atoms with Crippen molar-refractivity contribution >= 4 is 101 Å². The van der Waals surface area contributed by atoms with Crippen molar-refractivity contribution < 1.29 is 9.47 Å². The summed E-state index contributed by atoms with van der Waals surface area (Å²) < 4.78 is 13.4. The third-order valence-corrected chi connectivity index (χ3v) is 16.0. The van der Waals surface area contributed by atoms with Gasteiger partial charge in [-0.05, 0) is 89.2 Å². The first-order chi connectivity index (χ1) is 27.0. The van der Waals surface area contributed by atoms with Gasteiger partial charge in [0.25, 0.3) is 6.71 Å². The number of fused-ring (bicyclic) bond motifs is 8. The van der Waals surface area contributed by atoms with Crippen LogP contribution >= 0.6 is 0 Å². The Hall–Kier alpha value is -5.96. The van der Waals surface area contributed by atoms with Crippen LogP contribution in [0.15, 0.2) is 146 Å². The number of hydrogen-bond donors (Lipinski definition) is 0. The van der Waals surface area contributed by atoms with Crippen LogP contribution in [-0.2, 0) is 0 Å². The van der Waals surface area contributed by atoms with Crippen molar-refractivity contribution in [3.05, 3.63) is 146 Å². The Labute approximate surface area is 331 Å². The largest absolute Gasteiger partial charge is 0.453 e. The topological polar surface area (TPSA) is 28.2 Å². The van der Waals surface area contributed by atoms with Crippen molar-refractivity contribution in [2.45, 2.75) is 39.3 Å². The molecule has 0 N–H and O–H groups in total. The van der Waals surface area contributed by atoms with Crippen LogP contribution in [0.3, 0.4) is 0 Å². The summed E-state index contributed by atoms with van der Waals surface area (Å²) in [5, 5.41) is 2.89. The highest BCUT2D eigenvalue weighted by Gasteiger charge is 2.48. The van der Waals surface area contributed by atoms with E-state index in [1.165, 1.54) is 26.8 Å². The molecule has 56 heavy (non-hydrogen) atoms. The van der Waals surface area contributed by atoms with Gasteiger partial charge >= 0.3 is 0 Å². The minimum atomic E-state index is -1.52. The van der Waals surface area contributed by atoms with Gasteiger partial charge in [0.15, 0.2) is 23.0 Å². The second-order valence-electron chi connectivity index (χ2n) is 17.5. The van der Waals surface area contributed by atoms with E-state index in [1.807, 2.05) is 0 Å². The highest BCUT2D eigenvalue weighted by molar-refractivity contribution is 7.00. The van der Waals surface area contributed by atoms with Crippen LogP contribution in [0.2, 0.25) is 39.3 Å². The third kappa shape index (κ3) is 4.85. The smallest absolute Gasteiger partial charge is 0.252 e. The van der Waals surface area contributed by atoms with Crippen molar-refractivity contribution in [2.24, 2.45) is 0 Å². The van der Waals surface area contributed by atoms with Crippen LogP contribution < -0.4 is 50.9 Å². The van der Waals surface area contributed by atoms with Gasteiger partial charge in [0.1, 0.15) is 0 Å². The van der Waals surface area contributed by atoms with E-state index in [2.05, 4.69) is 200 Å². The molecule has 0 fully saturated rings. The van der Waals surface area contributed by atoms with Gasteiger partial charge in [0.05, 0.1) is 44.6 Å². The van der Waals surface area contributed by atoms with Crippen molar-refractivity contribution in [2.75, 3.05) is 14.7 Å². The fourth-order valence-electron chi connectivity index (χ4n) is 9.17. The van der Waals surface area contributed by atoms with Crippen molar-refractivity contribution in [1.29, 1.82) is 0 Å². The molecule has 7 aromatic rings. The second kappa shape index (κ2) is 11.8. The molecule has 0 amide bonds. The van der Waals surface area contributed by atoms with Crippen LogP contribution in [0, 0.1) is 0 Å². The molecule has 0 aromatic heterocycles. The highest BCUT2D eigenvalue weighted by atomic mass is 28.3. The zero-order valence-corrected chi connectivity index (χ0v) is 34.6. The van der Waals surface area contributed by atoms with E-state index >= 15 is 0 Å². The van der Waals surface area contributed by atoms with Gasteiger partial charge in [-0.2, -0.15) is 0 Å². The summed E-state index contributed by atoms with van der Waals surface area (Å²) in [4.78, 5) is 7.38. The average molecular weight is 760 g/mol. The second-order valence-corrected chi connectivity index (χ2v) is 27.6. The normalized spacial score (nSPS) is 14.1. The van der Waals surface area contributed by atoms with Crippen molar-refractivity contribution in [3.63, 3.8) is 0 Å². The van der Waals surface area contributed by atoms with Gasteiger partial charge in [0.2, 0.25) is 0 Å². The van der Waals surface area contributed by atoms with E-state index in [1.54, 1.807) is 0 Å². The Balaban J connectivity index is 1.24. The molecule has 0 saturated heterocycles. The lowest BCUT2D eigenvalue weighted by atomic mass is 9.33. The SMILES string of the molecule is C[Si](C)(C)c1ccc(N(c2ccc([Si](C)(C)C)cc2)c2cc3c4c(c2)N2c5ccccc5Oc5cccc(c52)B4c2cccc4c2N3c2ccccc2O4)cc1. The predicted octanol–water partition coefficient (Wildman–Crippen LogP) is 10.5. The first kappa shape index (κ1) is 33.4. The Morgan fingerprint density at radius 1 is 0.429 bits per heavy atom. The molecule has 0 spiro atoms. The molecule has 272 valence electrons. The monoisotopic (exact) mass is 759 g/mol. The number of hydrogen-bond acceptors (Lipinski definition) is 5. The molecule has 0 bridgehead atoms. The molecular formula is C48H42BN3O2Si2. The minimum Gasteiger partial charge on any atom is -0.453 e. The standard InChI is InChI=1S/C48H42BN3O2Si2/c1-55(2,3)34-25-21-31(22-26-34)50(32-23-27-35(28-24-32)56(4,5)6)33-29-40-46-41(30-33)52-39-16-8-10-18-43(39)54-45-20-12-14-37(48(45)52)49(46)36-13-11-19-44-47(36)51(40)38-15-7-9-17-42(38)53-44/h7-30H,1-6H3. The number of rotatable bonds is 5. The van der Waals surface area contributed by atoms with E-state index < -0.39 is 16.1 Å². The molecule has 4 aliphatic rings. The number of benzene rings is 7. The van der Waals surface area contributed by atoms with Gasteiger partial charge in [-0.1, -0.05) is 122 Å². The van der Waals surface area contributed by atoms with Gasteiger partial charge in [-0.25, -0.2) is 0 Å². The summed E-state index contributed by atoms with van der Waals surface area (Å²) in [5.41, 5.74) is 13.7.